The van der Waals surface area contributed by atoms with Gasteiger partial charge < -0.3 is 14.7 Å². The van der Waals surface area contributed by atoms with Crippen molar-refractivity contribution in [2.45, 2.75) is 6.92 Å². The normalized spacial score (nSPS) is 15.8. The summed E-state index contributed by atoms with van der Waals surface area (Å²) in [5.74, 6) is 0.202. The van der Waals surface area contributed by atoms with Crippen molar-refractivity contribution in [3.8, 4) is 0 Å². The third-order valence-electron chi connectivity index (χ3n) is 0.773. The molecular formula is C2H9Cl2O3PS. The van der Waals surface area contributed by atoms with Crippen LogP contribution in [0.15, 0.2) is 0 Å². The first kappa shape index (κ1) is 10.2. The molecule has 0 aromatic carbocycles. The van der Waals surface area contributed by atoms with E-state index in [1.54, 1.807) is 6.92 Å². The highest BCUT2D eigenvalue weighted by Gasteiger charge is 2.17. The van der Waals surface area contributed by atoms with Gasteiger partial charge in [-0.25, -0.2) is 0 Å². The van der Waals surface area contributed by atoms with Crippen LogP contribution in [-0.4, -0.2) is 20.4 Å². The average Bonchev–Trinajstić information content (AvgIpc) is 1.64. The summed E-state index contributed by atoms with van der Waals surface area (Å²) in [6.07, 6.45) is 0. The van der Waals surface area contributed by atoms with Gasteiger partial charge in [0.2, 0.25) is 0 Å². The summed E-state index contributed by atoms with van der Waals surface area (Å²) in [7, 11) is 7.86. The van der Waals surface area contributed by atoms with Crippen molar-refractivity contribution < 1.29 is 14.7 Å². The van der Waals surface area contributed by atoms with Crippen molar-refractivity contribution in [3.05, 3.63) is 0 Å². The van der Waals surface area contributed by atoms with Crippen LogP contribution in [-0.2, 0) is 7.63 Å². The van der Waals surface area contributed by atoms with Gasteiger partial charge in [-0.3, -0.25) is 0 Å². The second-order valence-corrected chi connectivity index (χ2v) is 13.4. The van der Waals surface area contributed by atoms with Crippen molar-refractivity contribution in [2.75, 3.05) is 5.75 Å². The first-order valence-corrected chi connectivity index (χ1v) is 8.30. The smallest absolute Gasteiger partial charge is 0.284 e. The quantitative estimate of drug-likeness (QED) is 0.387. The summed E-state index contributed by atoms with van der Waals surface area (Å²) in [5.41, 5.74) is 0. The van der Waals surface area contributed by atoms with Crippen LogP contribution in [0.2, 0.25) is 0 Å². The SMILES string of the molecule is CC[SH](Cl)(Cl)=P(O)(O)O. The Kier molecular flexibility index (Phi) is 3.52. The van der Waals surface area contributed by atoms with Crippen molar-refractivity contribution >= 4 is 35.7 Å². The Hall–Kier alpha value is 1.24. The molecule has 0 bridgehead atoms. The highest BCUT2D eigenvalue weighted by atomic mass is 36.0. The zero-order valence-electron chi connectivity index (χ0n) is 4.70. The predicted molar refractivity (Wildman–Crippen MR) is 44.6 cm³/mol. The standard InChI is InChI=1S/C2H9Cl2O3PS/c1-2-9(3,4)8(5,6)7/h5-7,9H,2H2,1H3. The van der Waals surface area contributed by atoms with Crippen LogP contribution < -0.4 is 0 Å². The van der Waals surface area contributed by atoms with Gasteiger partial charge in [0, 0.05) is 0 Å². The number of halogens is 2. The van der Waals surface area contributed by atoms with Crippen LogP contribution in [0.5, 0.6) is 0 Å². The molecule has 0 heterocycles. The lowest BCUT2D eigenvalue weighted by molar-refractivity contribution is 0.363. The van der Waals surface area contributed by atoms with Gasteiger partial charge in [-0.1, -0.05) is 35.9 Å². The molecule has 0 spiro atoms. The maximum Gasteiger partial charge on any atom is 0.284 e. The summed E-state index contributed by atoms with van der Waals surface area (Å²) < 4.78 is 0. The molecule has 60 valence electrons. The Balaban J connectivity index is 4.87. The monoisotopic (exact) mass is 214 g/mol. The zero-order chi connectivity index (χ0) is 7.71. The van der Waals surface area contributed by atoms with Crippen molar-refractivity contribution in [1.82, 2.24) is 0 Å². The largest absolute Gasteiger partial charge is 0.328 e. The molecule has 0 aliphatic carbocycles. The van der Waals surface area contributed by atoms with Gasteiger partial charge in [0.25, 0.3) is 6.72 Å². The van der Waals surface area contributed by atoms with Gasteiger partial charge in [0.15, 0.2) is 0 Å². The number of hydrogen-bond donors (Lipinski definition) is 4. The second kappa shape index (κ2) is 3.09. The van der Waals surface area contributed by atoms with E-state index in [0.717, 1.165) is 0 Å². The first-order valence-electron chi connectivity index (χ1n) is 2.16. The Morgan fingerprint density at radius 1 is 1.33 bits per heavy atom. The molecule has 3 N–H and O–H groups in total. The third-order valence-corrected chi connectivity index (χ3v) is 10.6. The Morgan fingerprint density at radius 2 is 1.67 bits per heavy atom. The average molecular weight is 215 g/mol. The second-order valence-electron chi connectivity index (χ2n) is 1.45. The van der Waals surface area contributed by atoms with Crippen LogP contribution in [0.3, 0.4) is 0 Å². The molecule has 9 heavy (non-hydrogen) atoms. The van der Waals surface area contributed by atoms with Gasteiger partial charge in [-0.2, -0.15) is 0 Å². The molecule has 0 aliphatic rings. The molecule has 0 amide bonds. The van der Waals surface area contributed by atoms with E-state index in [-0.39, 0.29) is 5.75 Å². The lowest BCUT2D eigenvalue weighted by atomic mass is 11.0. The van der Waals surface area contributed by atoms with Crippen LogP contribution >= 0.6 is 28.1 Å². The molecule has 0 aromatic rings. The minimum atomic E-state index is -3.98. The summed E-state index contributed by atoms with van der Waals surface area (Å²) >= 11 is 0. The maximum absolute atomic E-state index is 8.55. The number of hydrogen-bond acceptors (Lipinski definition) is 0. The highest BCUT2D eigenvalue weighted by molar-refractivity contribution is 8.64. The molecular weight excluding hydrogens is 206 g/mol. The molecule has 0 rings (SSSR count). The molecule has 3 nitrogen and oxygen atoms in total. The minimum absolute atomic E-state index is 0.202. The molecule has 0 saturated carbocycles. The van der Waals surface area contributed by atoms with E-state index < -0.39 is 14.4 Å². The lowest BCUT2D eigenvalue weighted by Crippen LogP contribution is -1.98. The summed E-state index contributed by atoms with van der Waals surface area (Å²) in [5, 5.41) is 0. The van der Waals surface area contributed by atoms with E-state index in [9.17, 15) is 0 Å². The van der Waals surface area contributed by atoms with E-state index in [1.807, 2.05) is 0 Å². The van der Waals surface area contributed by atoms with Crippen molar-refractivity contribution in [3.63, 3.8) is 0 Å². The Bertz CT molecular complexity index is 160. The molecule has 0 aromatic heterocycles. The number of thiol groups is 1. The molecule has 0 fully saturated rings. The number of rotatable bonds is 1. The molecule has 0 saturated heterocycles. The van der Waals surface area contributed by atoms with Gasteiger partial charge >= 0.3 is 0 Å². The highest BCUT2D eigenvalue weighted by Crippen LogP contribution is 2.49. The Labute approximate surface area is 63.4 Å². The van der Waals surface area contributed by atoms with Crippen molar-refractivity contribution in [1.29, 1.82) is 0 Å². The fraction of sp³-hybridized carbons (Fsp3) is 1.00. The van der Waals surface area contributed by atoms with Gasteiger partial charge in [-0.15, -0.1) is 0 Å². The predicted octanol–water partition coefficient (Wildman–Crippen LogP) is 0.855. The summed E-state index contributed by atoms with van der Waals surface area (Å²) in [6.45, 7) is -2.39. The Morgan fingerprint density at radius 3 is 1.67 bits per heavy atom. The molecule has 0 atom stereocenters. The minimum Gasteiger partial charge on any atom is -0.328 e. The van der Waals surface area contributed by atoms with Crippen molar-refractivity contribution in [2.24, 2.45) is 0 Å². The fourth-order valence-corrected chi connectivity index (χ4v) is 1.71. The van der Waals surface area contributed by atoms with Gasteiger partial charge in [0.1, 0.15) is 0 Å². The zero-order valence-corrected chi connectivity index (χ0v) is 8.00. The van der Waals surface area contributed by atoms with Gasteiger partial charge in [0.05, 0.1) is 0 Å². The van der Waals surface area contributed by atoms with E-state index in [2.05, 4.69) is 0 Å². The first-order chi connectivity index (χ1) is 3.81. The fourth-order valence-electron chi connectivity index (χ4n) is 0.190. The topological polar surface area (TPSA) is 60.7 Å². The van der Waals surface area contributed by atoms with Crippen LogP contribution in [0.1, 0.15) is 6.92 Å². The van der Waals surface area contributed by atoms with Crippen LogP contribution in [0.25, 0.3) is 0 Å². The summed E-state index contributed by atoms with van der Waals surface area (Å²) in [4.78, 5) is 25.7. The van der Waals surface area contributed by atoms with E-state index in [0.29, 0.717) is 0 Å². The third kappa shape index (κ3) is 2.76. The molecule has 7 heteroatoms. The molecule has 0 aliphatic heterocycles. The maximum atomic E-state index is 8.55. The van der Waals surface area contributed by atoms with Crippen LogP contribution in [0, 0.1) is 0 Å². The van der Waals surface area contributed by atoms with E-state index >= 15 is 0 Å². The molecule has 0 unspecified atom stereocenters. The van der Waals surface area contributed by atoms with Crippen LogP contribution in [0.4, 0.5) is 0 Å². The van der Waals surface area contributed by atoms with E-state index in [4.69, 9.17) is 36.0 Å². The summed E-state index contributed by atoms with van der Waals surface area (Å²) in [6, 6.07) is 0. The van der Waals surface area contributed by atoms with E-state index in [1.165, 1.54) is 0 Å². The lowest BCUT2D eigenvalue weighted by Gasteiger charge is -2.18. The molecule has 0 radical (unpaired) electrons. The van der Waals surface area contributed by atoms with Gasteiger partial charge in [-0.05, 0) is 5.75 Å².